The third kappa shape index (κ3) is 5.56. The molecule has 0 fully saturated rings. The summed E-state index contributed by atoms with van der Waals surface area (Å²) in [6.45, 7) is 2.73. The summed E-state index contributed by atoms with van der Waals surface area (Å²) in [6, 6.07) is 13.8. The molecule has 0 aromatic heterocycles. The number of anilines is 1. The zero-order chi connectivity index (χ0) is 21.0. The largest absolute Gasteiger partial charge is 0.493 e. The number of halogens is 4. The van der Waals surface area contributed by atoms with Crippen molar-refractivity contribution in [2.24, 2.45) is 0 Å². The van der Waals surface area contributed by atoms with Crippen molar-refractivity contribution in [1.29, 1.82) is 0 Å². The lowest BCUT2D eigenvalue weighted by Gasteiger charge is -2.15. The first-order valence-corrected chi connectivity index (χ1v) is 10.4. The summed E-state index contributed by atoms with van der Waals surface area (Å²) in [5.74, 6) is 0.762. The Morgan fingerprint density at radius 3 is 2.45 bits per heavy atom. The third-order valence-electron chi connectivity index (χ3n) is 4.39. The Bertz CT molecular complexity index is 1030. The molecule has 0 saturated carbocycles. The first kappa shape index (κ1) is 21.8. The molecule has 0 aliphatic rings. The molecule has 3 aromatic carbocycles. The van der Waals surface area contributed by atoms with Crippen molar-refractivity contribution in [2.75, 3.05) is 12.4 Å². The maximum Gasteiger partial charge on any atom is 0.162 e. The monoisotopic (exact) mass is 497 g/mol. The molecule has 1 N–H and O–H groups in total. The Morgan fingerprint density at radius 2 is 1.76 bits per heavy atom. The van der Waals surface area contributed by atoms with E-state index in [1.807, 2.05) is 37.3 Å². The molecule has 3 rings (SSSR count). The SMILES string of the molecule is COc1cc(CNc2ccc(C)c(Cl)c2)c(Br)cc1OCc1ccc(F)cc1Cl. The van der Waals surface area contributed by atoms with Crippen LogP contribution in [-0.4, -0.2) is 7.11 Å². The fraction of sp³-hybridized carbons (Fsp3) is 0.182. The van der Waals surface area contributed by atoms with E-state index in [9.17, 15) is 4.39 Å². The second-order valence-electron chi connectivity index (χ2n) is 6.44. The predicted octanol–water partition coefficient (Wildman–Crippen LogP) is 7.40. The highest BCUT2D eigenvalue weighted by Gasteiger charge is 2.12. The van der Waals surface area contributed by atoms with Gasteiger partial charge in [-0.3, -0.25) is 0 Å². The molecular weight excluding hydrogens is 480 g/mol. The van der Waals surface area contributed by atoms with E-state index >= 15 is 0 Å². The highest BCUT2D eigenvalue weighted by molar-refractivity contribution is 9.10. The van der Waals surface area contributed by atoms with Crippen LogP contribution in [0.1, 0.15) is 16.7 Å². The van der Waals surface area contributed by atoms with Gasteiger partial charge in [-0.25, -0.2) is 4.39 Å². The maximum absolute atomic E-state index is 13.2. The molecule has 0 spiro atoms. The van der Waals surface area contributed by atoms with Crippen LogP contribution >= 0.6 is 39.1 Å². The van der Waals surface area contributed by atoms with E-state index in [-0.39, 0.29) is 12.4 Å². The van der Waals surface area contributed by atoms with Crippen molar-refractivity contribution < 1.29 is 13.9 Å². The molecule has 0 saturated heterocycles. The summed E-state index contributed by atoms with van der Waals surface area (Å²) < 4.78 is 25.4. The van der Waals surface area contributed by atoms with Gasteiger partial charge < -0.3 is 14.8 Å². The molecule has 0 bridgehead atoms. The van der Waals surface area contributed by atoms with Gasteiger partial charge in [0.1, 0.15) is 12.4 Å². The second kappa shape index (κ2) is 9.70. The van der Waals surface area contributed by atoms with Crippen LogP contribution in [0, 0.1) is 12.7 Å². The average molecular weight is 499 g/mol. The normalized spacial score (nSPS) is 10.7. The van der Waals surface area contributed by atoms with Gasteiger partial charge in [-0.05, 0) is 54.4 Å². The lowest BCUT2D eigenvalue weighted by atomic mass is 10.1. The number of rotatable bonds is 7. The number of hydrogen-bond donors (Lipinski definition) is 1. The minimum atomic E-state index is -0.384. The molecule has 7 heteroatoms. The Kier molecular flexibility index (Phi) is 7.28. The standard InChI is InChI=1S/C22H19BrCl2FNO2/c1-13-3-6-17(9-19(13)24)27-11-15-7-21(28-2)22(10-18(15)23)29-12-14-4-5-16(26)8-20(14)25/h3-10,27H,11-12H2,1-2H3. The summed E-state index contributed by atoms with van der Waals surface area (Å²) >= 11 is 15.8. The van der Waals surface area contributed by atoms with Crippen molar-refractivity contribution >= 4 is 44.8 Å². The number of nitrogens with one attached hydrogen (secondary N) is 1. The topological polar surface area (TPSA) is 30.5 Å². The molecule has 3 aromatic rings. The predicted molar refractivity (Wildman–Crippen MR) is 120 cm³/mol. The van der Waals surface area contributed by atoms with Crippen molar-refractivity contribution in [3.63, 3.8) is 0 Å². The molecule has 0 heterocycles. The molecule has 0 radical (unpaired) electrons. The van der Waals surface area contributed by atoms with Crippen LogP contribution in [0.2, 0.25) is 10.0 Å². The van der Waals surface area contributed by atoms with Crippen LogP contribution in [0.4, 0.5) is 10.1 Å². The zero-order valence-electron chi connectivity index (χ0n) is 15.9. The summed E-state index contributed by atoms with van der Waals surface area (Å²) in [4.78, 5) is 0. The first-order valence-electron chi connectivity index (χ1n) is 8.80. The quantitative estimate of drug-likeness (QED) is 0.368. The van der Waals surface area contributed by atoms with E-state index in [1.54, 1.807) is 13.2 Å². The van der Waals surface area contributed by atoms with Crippen LogP contribution in [0.15, 0.2) is 53.0 Å². The second-order valence-corrected chi connectivity index (χ2v) is 8.11. The minimum absolute atomic E-state index is 0.196. The van der Waals surface area contributed by atoms with Gasteiger partial charge in [0.05, 0.1) is 12.1 Å². The van der Waals surface area contributed by atoms with E-state index in [1.165, 1.54) is 12.1 Å². The van der Waals surface area contributed by atoms with Crippen LogP contribution in [0.5, 0.6) is 11.5 Å². The summed E-state index contributed by atoms with van der Waals surface area (Å²) in [7, 11) is 1.58. The number of benzene rings is 3. The number of methoxy groups -OCH3 is 1. The number of hydrogen-bond acceptors (Lipinski definition) is 3. The fourth-order valence-corrected chi connectivity index (χ4v) is 3.54. The van der Waals surface area contributed by atoms with E-state index in [4.69, 9.17) is 32.7 Å². The molecule has 3 nitrogen and oxygen atoms in total. The zero-order valence-corrected chi connectivity index (χ0v) is 19.0. The smallest absolute Gasteiger partial charge is 0.162 e. The number of ether oxygens (including phenoxy) is 2. The van der Waals surface area contributed by atoms with Crippen molar-refractivity contribution in [3.8, 4) is 11.5 Å². The molecule has 29 heavy (non-hydrogen) atoms. The maximum atomic E-state index is 13.2. The molecule has 0 amide bonds. The summed E-state index contributed by atoms with van der Waals surface area (Å²) in [5, 5.41) is 4.38. The molecule has 152 valence electrons. The van der Waals surface area contributed by atoms with Crippen LogP contribution in [0.25, 0.3) is 0 Å². The van der Waals surface area contributed by atoms with E-state index in [2.05, 4.69) is 21.2 Å². The Balaban J connectivity index is 1.73. The Hall–Kier alpha value is -1.95. The highest BCUT2D eigenvalue weighted by Crippen LogP contribution is 2.35. The summed E-state index contributed by atoms with van der Waals surface area (Å²) in [6.07, 6.45) is 0. The Morgan fingerprint density at radius 1 is 0.966 bits per heavy atom. The van der Waals surface area contributed by atoms with Crippen LogP contribution in [-0.2, 0) is 13.2 Å². The van der Waals surface area contributed by atoms with E-state index < -0.39 is 0 Å². The van der Waals surface area contributed by atoms with Gasteiger partial charge in [-0.15, -0.1) is 0 Å². The average Bonchev–Trinajstić information content (AvgIpc) is 2.69. The van der Waals surface area contributed by atoms with E-state index in [0.717, 1.165) is 26.3 Å². The van der Waals surface area contributed by atoms with Crippen molar-refractivity contribution in [1.82, 2.24) is 0 Å². The van der Waals surface area contributed by atoms with Gasteiger partial charge in [0.15, 0.2) is 11.5 Å². The molecule has 0 unspecified atom stereocenters. The van der Waals surface area contributed by atoms with Crippen molar-refractivity contribution in [3.05, 3.63) is 85.6 Å². The minimum Gasteiger partial charge on any atom is -0.493 e. The molecular formula is C22H19BrCl2FNO2. The van der Waals surface area contributed by atoms with Crippen LogP contribution < -0.4 is 14.8 Å². The molecule has 0 aliphatic carbocycles. The highest BCUT2D eigenvalue weighted by atomic mass is 79.9. The summed E-state index contributed by atoms with van der Waals surface area (Å²) in [5.41, 5.74) is 3.64. The van der Waals surface area contributed by atoms with Gasteiger partial charge in [-0.1, -0.05) is 51.3 Å². The first-order chi connectivity index (χ1) is 13.9. The lowest BCUT2D eigenvalue weighted by Crippen LogP contribution is -2.03. The van der Waals surface area contributed by atoms with Gasteiger partial charge in [0.25, 0.3) is 0 Å². The lowest BCUT2D eigenvalue weighted by molar-refractivity contribution is 0.284. The van der Waals surface area contributed by atoms with E-state index in [0.29, 0.717) is 28.6 Å². The number of aryl methyl sites for hydroxylation is 1. The molecule has 0 aliphatic heterocycles. The fourth-order valence-electron chi connectivity index (χ4n) is 2.68. The van der Waals surface area contributed by atoms with Crippen molar-refractivity contribution in [2.45, 2.75) is 20.1 Å². The van der Waals surface area contributed by atoms with Crippen LogP contribution in [0.3, 0.4) is 0 Å². The van der Waals surface area contributed by atoms with Gasteiger partial charge >= 0.3 is 0 Å². The van der Waals surface area contributed by atoms with Gasteiger partial charge in [-0.2, -0.15) is 0 Å². The Labute approximate surface area is 187 Å². The van der Waals surface area contributed by atoms with Gasteiger partial charge in [0, 0.05) is 27.3 Å². The third-order valence-corrected chi connectivity index (χ3v) is 5.88. The van der Waals surface area contributed by atoms with Gasteiger partial charge in [0.2, 0.25) is 0 Å². The molecule has 0 atom stereocenters.